The second-order valence-corrected chi connectivity index (χ2v) is 10.4. The van der Waals surface area contributed by atoms with Crippen molar-refractivity contribution in [2.24, 2.45) is 5.92 Å². The summed E-state index contributed by atoms with van der Waals surface area (Å²) in [6.45, 7) is 10.1. The maximum atomic E-state index is 13.4. The molecule has 0 bridgehead atoms. The highest BCUT2D eigenvalue weighted by Gasteiger charge is 2.32. The normalized spacial score (nSPS) is 14.9. The number of amides is 2. The number of alkyl carbamates (subject to hydrolysis) is 1. The van der Waals surface area contributed by atoms with Crippen LogP contribution in [0.3, 0.4) is 0 Å². The first-order valence-corrected chi connectivity index (χ1v) is 11.8. The Labute approximate surface area is 204 Å². The van der Waals surface area contributed by atoms with Gasteiger partial charge in [-0.3, -0.25) is 4.79 Å². The van der Waals surface area contributed by atoms with Gasteiger partial charge in [0.1, 0.15) is 11.6 Å². The van der Waals surface area contributed by atoms with E-state index < -0.39 is 29.5 Å². The lowest BCUT2D eigenvalue weighted by Gasteiger charge is -2.34. The predicted octanol–water partition coefficient (Wildman–Crippen LogP) is 6.20. The highest BCUT2D eigenvalue weighted by molar-refractivity contribution is 5.86. The van der Waals surface area contributed by atoms with Gasteiger partial charge < -0.3 is 15.0 Å². The van der Waals surface area contributed by atoms with E-state index in [2.05, 4.69) is 5.32 Å². The second kappa shape index (κ2) is 10.3. The molecule has 0 aliphatic carbocycles. The average Bonchev–Trinajstić information content (AvgIpc) is 2.75. The van der Waals surface area contributed by atoms with Gasteiger partial charge in [-0.2, -0.15) is 13.2 Å². The number of benzene rings is 2. The molecule has 0 saturated heterocycles. The molecule has 190 valence electrons. The number of fused-ring (bicyclic) bond motifs is 1. The molecule has 1 atom stereocenters. The summed E-state index contributed by atoms with van der Waals surface area (Å²) in [6.07, 6.45) is -3.96. The summed E-state index contributed by atoms with van der Waals surface area (Å²) in [5.41, 5.74) is 2.19. The molecule has 1 aliphatic rings. The van der Waals surface area contributed by atoms with E-state index in [1.807, 2.05) is 32.0 Å². The number of ether oxygens (including phenoxy) is 1. The van der Waals surface area contributed by atoms with Crippen molar-refractivity contribution in [2.45, 2.75) is 71.8 Å². The molecule has 1 aliphatic heterocycles. The maximum Gasteiger partial charge on any atom is 0.416 e. The molecule has 0 unspecified atom stereocenters. The van der Waals surface area contributed by atoms with Gasteiger partial charge in [-0.05, 0) is 73.9 Å². The minimum absolute atomic E-state index is 0.171. The number of nitrogens with zero attached hydrogens (tertiary/aromatic N) is 1. The molecule has 35 heavy (non-hydrogen) atoms. The van der Waals surface area contributed by atoms with Gasteiger partial charge in [-0.1, -0.05) is 44.2 Å². The average molecular weight is 491 g/mol. The number of carbonyl (C=O) groups excluding carboxylic acids is 2. The number of halogens is 3. The molecule has 5 nitrogen and oxygen atoms in total. The number of alkyl halides is 3. The molecule has 1 N–H and O–H groups in total. The Balaban J connectivity index is 1.79. The number of rotatable bonds is 5. The molecule has 0 radical (unpaired) electrons. The first-order chi connectivity index (χ1) is 16.2. The van der Waals surface area contributed by atoms with Crippen LogP contribution in [0.1, 0.15) is 57.7 Å². The van der Waals surface area contributed by atoms with E-state index in [-0.39, 0.29) is 11.8 Å². The van der Waals surface area contributed by atoms with Crippen LogP contribution in [0, 0.1) is 5.92 Å². The van der Waals surface area contributed by atoms with Gasteiger partial charge in [0.2, 0.25) is 5.91 Å². The Hall–Kier alpha value is -3.03. The third kappa shape index (κ3) is 6.99. The van der Waals surface area contributed by atoms with Crippen molar-refractivity contribution in [2.75, 3.05) is 6.54 Å². The molecular weight excluding hydrogens is 457 g/mol. The number of hydrogen-bond donors (Lipinski definition) is 1. The second-order valence-electron chi connectivity index (χ2n) is 10.4. The summed E-state index contributed by atoms with van der Waals surface area (Å²) in [4.78, 5) is 27.5. The lowest BCUT2D eigenvalue weighted by atomic mass is 9.90. The molecule has 0 aromatic heterocycles. The minimum Gasteiger partial charge on any atom is -0.444 e. The van der Waals surface area contributed by atoms with Crippen molar-refractivity contribution in [1.29, 1.82) is 0 Å². The van der Waals surface area contributed by atoms with Gasteiger partial charge >= 0.3 is 12.3 Å². The standard InChI is InChI=1S/C27H33F3N2O3/c1-17(2)15-23(31-25(34)35-26(3,4)5)24(33)32-14-13-22-19(16-32)7-6-8-21(22)18-9-11-20(12-10-18)27(28,29)30/h6-12,17,23H,13-16H2,1-5H3,(H,31,34)/t23-/m1/s1. The largest absolute Gasteiger partial charge is 0.444 e. The van der Waals surface area contributed by atoms with Crippen LogP contribution in [-0.4, -0.2) is 35.1 Å². The highest BCUT2D eigenvalue weighted by Crippen LogP contribution is 2.34. The van der Waals surface area contributed by atoms with Crippen LogP contribution in [0.2, 0.25) is 0 Å². The summed E-state index contributed by atoms with van der Waals surface area (Å²) >= 11 is 0. The van der Waals surface area contributed by atoms with Crippen molar-refractivity contribution in [3.8, 4) is 11.1 Å². The molecule has 0 saturated carbocycles. The Kier molecular flexibility index (Phi) is 7.82. The van der Waals surface area contributed by atoms with Crippen molar-refractivity contribution in [3.63, 3.8) is 0 Å². The van der Waals surface area contributed by atoms with Crippen LogP contribution < -0.4 is 5.32 Å². The number of carbonyl (C=O) groups is 2. The summed E-state index contributed by atoms with van der Waals surface area (Å²) in [7, 11) is 0. The summed E-state index contributed by atoms with van der Waals surface area (Å²) in [5.74, 6) is 0.0115. The molecule has 1 heterocycles. The monoisotopic (exact) mass is 490 g/mol. The Bertz CT molecular complexity index is 1060. The van der Waals surface area contributed by atoms with E-state index in [1.165, 1.54) is 12.1 Å². The van der Waals surface area contributed by atoms with Gasteiger partial charge in [-0.25, -0.2) is 4.79 Å². The highest BCUT2D eigenvalue weighted by atomic mass is 19.4. The fraction of sp³-hybridized carbons (Fsp3) is 0.481. The van der Waals surface area contributed by atoms with Crippen molar-refractivity contribution in [3.05, 3.63) is 59.2 Å². The van der Waals surface area contributed by atoms with Gasteiger partial charge in [0, 0.05) is 13.1 Å². The zero-order chi connectivity index (χ0) is 26.0. The smallest absolute Gasteiger partial charge is 0.416 e. The molecule has 0 fully saturated rings. The van der Waals surface area contributed by atoms with E-state index in [0.717, 1.165) is 28.8 Å². The summed E-state index contributed by atoms with van der Waals surface area (Å²) < 4.78 is 44.2. The van der Waals surface area contributed by atoms with E-state index in [4.69, 9.17) is 4.74 Å². The van der Waals surface area contributed by atoms with E-state index >= 15 is 0 Å². The zero-order valence-electron chi connectivity index (χ0n) is 20.8. The van der Waals surface area contributed by atoms with Gasteiger partial charge in [0.05, 0.1) is 5.56 Å². The number of hydrogen-bond acceptors (Lipinski definition) is 3. The van der Waals surface area contributed by atoms with Crippen LogP contribution >= 0.6 is 0 Å². The molecule has 2 aromatic rings. The van der Waals surface area contributed by atoms with Gasteiger partial charge in [0.25, 0.3) is 0 Å². The quantitative estimate of drug-likeness (QED) is 0.543. The Morgan fingerprint density at radius 2 is 1.71 bits per heavy atom. The number of nitrogens with one attached hydrogen (secondary N) is 1. The Morgan fingerprint density at radius 1 is 1.06 bits per heavy atom. The molecule has 3 rings (SSSR count). The van der Waals surface area contributed by atoms with Gasteiger partial charge in [0.15, 0.2) is 0 Å². The molecular formula is C27H33F3N2O3. The first-order valence-electron chi connectivity index (χ1n) is 11.8. The SMILES string of the molecule is CC(C)C[C@@H](NC(=O)OC(C)(C)C)C(=O)N1CCc2c(cccc2-c2ccc(C(F)(F)F)cc2)C1. The van der Waals surface area contributed by atoms with E-state index in [0.29, 0.717) is 31.5 Å². The fourth-order valence-corrected chi connectivity index (χ4v) is 4.27. The lowest BCUT2D eigenvalue weighted by Crippen LogP contribution is -2.51. The van der Waals surface area contributed by atoms with Crippen LogP contribution in [0.15, 0.2) is 42.5 Å². The predicted molar refractivity (Wildman–Crippen MR) is 129 cm³/mol. The summed E-state index contributed by atoms with van der Waals surface area (Å²) in [6, 6.07) is 10.1. The zero-order valence-corrected chi connectivity index (χ0v) is 20.8. The lowest BCUT2D eigenvalue weighted by molar-refractivity contribution is -0.137. The van der Waals surface area contributed by atoms with Crippen LogP contribution in [-0.2, 0) is 28.7 Å². The molecule has 8 heteroatoms. The third-order valence-corrected chi connectivity index (χ3v) is 5.80. The van der Waals surface area contributed by atoms with Crippen LogP contribution in [0.5, 0.6) is 0 Å². The van der Waals surface area contributed by atoms with Crippen LogP contribution in [0.4, 0.5) is 18.0 Å². The van der Waals surface area contributed by atoms with Crippen molar-refractivity contribution >= 4 is 12.0 Å². The van der Waals surface area contributed by atoms with E-state index in [1.54, 1.807) is 25.7 Å². The van der Waals surface area contributed by atoms with Crippen molar-refractivity contribution < 1.29 is 27.5 Å². The molecule has 2 aromatic carbocycles. The third-order valence-electron chi connectivity index (χ3n) is 5.80. The molecule has 0 spiro atoms. The maximum absolute atomic E-state index is 13.4. The van der Waals surface area contributed by atoms with Crippen molar-refractivity contribution in [1.82, 2.24) is 10.2 Å². The topological polar surface area (TPSA) is 58.6 Å². The fourth-order valence-electron chi connectivity index (χ4n) is 4.27. The minimum atomic E-state index is -4.38. The van der Waals surface area contributed by atoms with Crippen LogP contribution in [0.25, 0.3) is 11.1 Å². The molecule has 2 amide bonds. The Morgan fingerprint density at radius 3 is 2.29 bits per heavy atom. The summed E-state index contributed by atoms with van der Waals surface area (Å²) in [5, 5.41) is 2.74. The van der Waals surface area contributed by atoms with E-state index in [9.17, 15) is 22.8 Å². The van der Waals surface area contributed by atoms with Gasteiger partial charge in [-0.15, -0.1) is 0 Å². The first kappa shape index (κ1) is 26.6.